The molecule has 0 spiro atoms. The number of unbranched alkanes of at least 4 members (excludes halogenated alkanes) is 1. The van der Waals surface area contributed by atoms with E-state index in [0.717, 1.165) is 38.6 Å². The second-order valence-corrected chi connectivity index (χ2v) is 4.32. The number of nitrogens with zero attached hydrogens (tertiary/aromatic N) is 3. The number of ether oxygens (including phenoxy) is 1. The van der Waals surface area contributed by atoms with Crippen molar-refractivity contribution in [3.8, 4) is 0 Å². The number of aromatic nitrogens is 2. The van der Waals surface area contributed by atoms with Crippen LogP contribution in [0.25, 0.3) is 0 Å². The van der Waals surface area contributed by atoms with Gasteiger partial charge in [-0.05, 0) is 26.7 Å². The molecule has 0 aromatic carbocycles. The van der Waals surface area contributed by atoms with Gasteiger partial charge >= 0.3 is 0 Å². The van der Waals surface area contributed by atoms with E-state index >= 15 is 0 Å². The summed E-state index contributed by atoms with van der Waals surface area (Å²) in [7, 11) is 1.76. The van der Waals surface area contributed by atoms with Crippen molar-refractivity contribution < 1.29 is 9.26 Å². The molecule has 0 saturated carbocycles. The molecule has 0 amide bonds. The summed E-state index contributed by atoms with van der Waals surface area (Å²) in [5, 5.41) is 10.2. The minimum absolute atomic E-state index is 0.641. The van der Waals surface area contributed by atoms with Crippen molar-refractivity contribution in [2.45, 2.75) is 33.1 Å². The highest BCUT2D eigenvalue weighted by molar-refractivity contribution is 5.79. The van der Waals surface area contributed by atoms with Crippen LogP contribution in [0.5, 0.6) is 0 Å². The van der Waals surface area contributed by atoms with Crippen LogP contribution in [0.2, 0.25) is 0 Å². The normalized spacial score (nSPS) is 11.7. The number of rotatable bonds is 9. The van der Waals surface area contributed by atoms with Gasteiger partial charge in [-0.25, -0.2) is 0 Å². The van der Waals surface area contributed by atoms with Crippen LogP contribution in [0.4, 0.5) is 0 Å². The molecular weight excluding hydrogens is 258 g/mol. The Labute approximate surface area is 120 Å². The number of nitrogens with one attached hydrogen (secondary N) is 2. The molecule has 0 aliphatic rings. The van der Waals surface area contributed by atoms with Crippen molar-refractivity contribution >= 4 is 5.96 Å². The van der Waals surface area contributed by atoms with E-state index in [9.17, 15) is 0 Å². The monoisotopic (exact) mass is 283 g/mol. The highest BCUT2D eigenvalue weighted by Gasteiger charge is 2.03. The van der Waals surface area contributed by atoms with Gasteiger partial charge in [0.2, 0.25) is 5.89 Å². The van der Waals surface area contributed by atoms with Crippen LogP contribution in [-0.4, -0.2) is 49.5 Å². The van der Waals surface area contributed by atoms with Crippen LogP contribution in [0.1, 0.15) is 31.5 Å². The average Bonchev–Trinajstić information content (AvgIpc) is 2.86. The molecule has 1 aromatic rings. The molecule has 1 rings (SSSR count). The summed E-state index contributed by atoms with van der Waals surface area (Å²) in [5.41, 5.74) is 0. The lowest BCUT2D eigenvalue weighted by atomic mass is 10.3. The number of hydrogen-bond acceptors (Lipinski definition) is 5. The van der Waals surface area contributed by atoms with Crippen LogP contribution in [0, 0.1) is 6.92 Å². The van der Waals surface area contributed by atoms with Gasteiger partial charge in [-0.15, -0.1) is 0 Å². The molecule has 7 nitrogen and oxygen atoms in total. The van der Waals surface area contributed by atoms with Crippen molar-refractivity contribution in [2.24, 2.45) is 4.99 Å². The van der Waals surface area contributed by atoms with Crippen molar-refractivity contribution in [1.29, 1.82) is 0 Å². The molecule has 0 atom stereocenters. The predicted octanol–water partition coefficient (Wildman–Crippen LogP) is 0.902. The van der Waals surface area contributed by atoms with E-state index in [1.807, 2.05) is 13.8 Å². The Bertz CT molecular complexity index is 392. The number of hydrogen-bond donors (Lipinski definition) is 2. The first-order valence-electron chi connectivity index (χ1n) is 7.07. The lowest BCUT2D eigenvalue weighted by Crippen LogP contribution is -2.38. The zero-order valence-corrected chi connectivity index (χ0v) is 12.6. The molecule has 0 bridgehead atoms. The van der Waals surface area contributed by atoms with E-state index in [-0.39, 0.29) is 0 Å². The van der Waals surface area contributed by atoms with Crippen LogP contribution >= 0.6 is 0 Å². The Hall–Kier alpha value is -1.63. The fraction of sp³-hybridized carbons (Fsp3) is 0.769. The summed E-state index contributed by atoms with van der Waals surface area (Å²) in [6.45, 7) is 7.01. The molecule has 1 heterocycles. The van der Waals surface area contributed by atoms with Gasteiger partial charge in [0.1, 0.15) is 0 Å². The fourth-order valence-electron chi connectivity index (χ4n) is 1.63. The van der Waals surface area contributed by atoms with E-state index in [1.54, 1.807) is 7.05 Å². The topological polar surface area (TPSA) is 84.6 Å². The standard InChI is InChI=1S/C13H25N5O2/c1-4-19-10-6-5-8-15-13(14-3)16-9-7-12-17-11(2)18-20-12/h4-10H2,1-3H3,(H2,14,15,16). The first-order chi connectivity index (χ1) is 9.76. The maximum atomic E-state index is 5.29. The predicted molar refractivity (Wildman–Crippen MR) is 77.8 cm³/mol. The van der Waals surface area contributed by atoms with E-state index in [1.165, 1.54) is 0 Å². The molecule has 0 radical (unpaired) electrons. The first kappa shape index (κ1) is 16.4. The van der Waals surface area contributed by atoms with Gasteiger partial charge in [0.25, 0.3) is 0 Å². The number of guanidine groups is 1. The van der Waals surface area contributed by atoms with Gasteiger partial charge in [0, 0.05) is 39.8 Å². The molecule has 2 N–H and O–H groups in total. The molecule has 114 valence electrons. The van der Waals surface area contributed by atoms with Gasteiger partial charge in [-0.1, -0.05) is 5.16 Å². The molecular formula is C13H25N5O2. The average molecular weight is 283 g/mol. The summed E-state index contributed by atoms with van der Waals surface area (Å²) < 4.78 is 10.3. The Morgan fingerprint density at radius 2 is 2.10 bits per heavy atom. The minimum Gasteiger partial charge on any atom is -0.382 e. The number of aryl methyl sites for hydroxylation is 1. The zero-order valence-electron chi connectivity index (χ0n) is 12.6. The van der Waals surface area contributed by atoms with Crippen LogP contribution < -0.4 is 10.6 Å². The van der Waals surface area contributed by atoms with Crippen LogP contribution in [0.15, 0.2) is 9.52 Å². The third-order valence-corrected chi connectivity index (χ3v) is 2.64. The van der Waals surface area contributed by atoms with Gasteiger partial charge in [-0.2, -0.15) is 4.98 Å². The number of aliphatic imine (C=N–C) groups is 1. The quantitative estimate of drug-likeness (QED) is 0.398. The van der Waals surface area contributed by atoms with E-state index in [2.05, 4.69) is 25.8 Å². The molecule has 7 heteroatoms. The van der Waals surface area contributed by atoms with Gasteiger partial charge in [-0.3, -0.25) is 4.99 Å². The second kappa shape index (κ2) is 10.2. The maximum Gasteiger partial charge on any atom is 0.228 e. The van der Waals surface area contributed by atoms with Crippen LogP contribution in [0.3, 0.4) is 0 Å². The molecule has 20 heavy (non-hydrogen) atoms. The zero-order chi connectivity index (χ0) is 14.6. The summed E-state index contributed by atoms with van der Waals surface area (Å²) >= 11 is 0. The van der Waals surface area contributed by atoms with Gasteiger partial charge in [0.15, 0.2) is 11.8 Å². The summed E-state index contributed by atoms with van der Waals surface area (Å²) in [4.78, 5) is 8.30. The first-order valence-corrected chi connectivity index (χ1v) is 7.07. The van der Waals surface area contributed by atoms with Crippen molar-refractivity contribution in [3.63, 3.8) is 0 Å². The van der Waals surface area contributed by atoms with Gasteiger partial charge in [0.05, 0.1) is 0 Å². The van der Waals surface area contributed by atoms with E-state index in [4.69, 9.17) is 9.26 Å². The smallest absolute Gasteiger partial charge is 0.228 e. The highest BCUT2D eigenvalue weighted by atomic mass is 16.5. The highest BCUT2D eigenvalue weighted by Crippen LogP contribution is 1.95. The molecule has 0 unspecified atom stereocenters. The maximum absolute atomic E-state index is 5.29. The Morgan fingerprint density at radius 3 is 2.75 bits per heavy atom. The Kier molecular flexibility index (Phi) is 8.37. The molecule has 0 fully saturated rings. The SMILES string of the molecule is CCOCCCCNC(=NC)NCCc1nc(C)no1. The Balaban J connectivity index is 2.07. The van der Waals surface area contributed by atoms with Crippen LogP contribution in [-0.2, 0) is 11.2 Å². The van der Waals surface area contributed by atoms with E-state index in [0.29, 0.717) is 24.7 Å². The lowest BCUT2D eigenvalue weighted by molar-refractivity contribution is 0.143. The summed E-state index contributed by atoms with van der Waals surface area (Å²) in [5.74, 6) is 2.09. The third-order valence-electron chi connectivity index (χ3n) is 2.64. The molecule has 0 aliphatic carbocycles. The fourth-order valence-corrected chi connectivity index (χ4v) is 1.63. The third kappa shape index (κ3) is 7.08. The van der Waals surface area contributed by atoms with Crippen molar-refractivity contribution in [2.75, 3.05) is 33.4 Å². The van der Waals surface area contributed by atoms with Crippen molar-refractivity contribution in [1.82, 2.24) is 20.8 Å². The lowest BCUT2D eigenvalue weighted by Gasteiger charge is -2.10. The summed E-state index contributed by atoms with van der Waals surface area (Å²) in [6.07, 6.45) is 2.80. The largest absolute Gasteiger partial charge is 0.382 e. The molecule has 1 aromatic heterocycles. The minimum atomic E-state index is 0.641. The van der Waals surface area contributed by atoms with Crippen molar-refractivity contribution in [3.05, 3.63) is 11.7 Å². The Morgan fingerprint density at radius 1 is 1.30 bits per heavy atom. The second-order valence-electron chi connectivity index (χ2n) is 4.32. The summed E-state index contributed by atoms with van der Waals surface area (Å²) in [6, 6.07) is 0. The van der Waals surface area contributed by atoms with E-state index < -0.39 is 0 Å². The molecule has 0 saturated heterocycles. The van der Waals surface area contributed by atoms with Gasteiger partial charge < -0.3 is 19.9 Å². The molecule has 0 aliphatic heterocycles.